The molecule has 1 aliphatic heterocycles. The van der Waals surface area contributed by atoms with E-state index in [4.69, 9.17) is 0 Å². The van der Waals surface area contributed by atoms with Crippen molar-refractivity contribution in [2.45, 2.75) is 51.6 Å². The number of rotatable bonds is 2. The van der Waals surface area contributed by atoms with Crippen LogP contribution in [0.4, 0.5) is 0 Å². The van der Waals surface area contributed by atoms with Gasteiger partial charge in [0.2, 0.25) is 0 Å². The van der Waals surface area contributed by atoms with Crippen LogP contribution in [0.1, 0.15) is 39.5 Å². The molecule has 1 heterocycles. The van der Waals surface area contributed by atoms with Crippen LogP contribution in [0.25, 0.3) is 0 Å². The normalized spacial score (nSPS) is 37.9. The minimum Gasteiger partial charge on any atom is -0.315 e. The van der Waals surface area contributed by atoms with Gasteiger partial charge in [0.25, 0.3) is 0 Å². The Kier molecular flexibility index (Phi) is 2.85. The summed E-state index contributed by atoms with van der Waals surface area (Å²) in [5, 5.41) is 3.54. The Hall–Kier alpha value is -0.0800. The maximum Gasteiger partial charge on any atom is 0.0271 e. The third kappa shape index (κ3) is 1.70. The lowest BCUT2D eigenvalue weighted by molar-refractivity contribution is 0.177. The van der Waals surface area contributed by atoms with Crippen LogP contribution in [0.15, 0.2) is 0 Å². The van der Waals surface area contributed by atoms with Gasteiger partial charge < -0.3 is 5.32 Å². The van der Waals surface area contributed by atoms with E-state index >= 15 is 0 Å². The summed E-state index contributed by atoms with van der Waals surface area (Å²) in [6.07, 6.45) is 5.58. The van der Waals surface area contributed by atoms with Crippen molar-refractivity contribution < 1.29 is 0 Å². The first kappa shape index (κ1) is 10.4. The lowest BCUT2D eigenvalue weighted by atomic mass is 9.86. The topological polar surface area (TPSA) is 15.3 Å². The van der Waals surface area contributed by atoms with E-state index in [1.54, 1.807) is 0 Å². The molecule has 2 fully saturated rings. The van der Waals surface area contributed by atoms with Crippen molar-refractivity contribution in [3.05, 3.63) is 0 Å². The molecule has 0 spiro atoms. The van der Waals surface area contributed by atoms with Crippen LogP contribution in [0.2, 0.25) is 0 Å². The van der Waals surface area contributed by atoms with Crippen LogP contribution < -0.4 is 5.32 Å². The number of hydrogen-bond donors (Lipinski definition) is 1. The van der Waals surface area contributed by atoms with Crippen LogP contribution in [0.5, 0.6) is 0 Å². The maximum absolute atomic E-state index is 3.54. The molecule has 2 atom stereocenters. The van der Waals surface area contributed by atoms with Crippen LogP contribution in [0, 0.1) is 5.41 Å². The number of likely N-dealkylation sites (N-methyl/N-ethyl adjacent to an activating group) is 1. The van der Waals surface area contributed by atoms with Gasteiger partial charge in [-0.05, 0) is 51.2 Å². The lowest BCUT2D eigenvalue weighted by Gasteiger charge is -2.35. The molecule has 2 rings (SSSR count). The first-order chi connectivity index (χ1) is 6.65. The molecule has 0 aromatic heterocycles. The van der Waals surface area contributed by atoms with E-state index in [-0.39, 0.29) is 0 Å². The van der Waals surface area contributed by atoms with Gasteiger partial charge >= 0.3 is 0 Å². The SMILES string of the molecule is CNC1C(N2CCCC2)CCC1(C)C. The van der Waals surface area contributed by atoms with E-state index in [1.165, 1.54) is 38.8 Å². The highest BCUT2D eigenvalue weighted by molar-refractivity contribution is 5.01. The second-order valence-electron chi connectivity index (χ2n) is 5.60. The predicted molar refractivity (Wildman–Crippen MR) is 60.5 cm³/mol. The van der Waals surface area contributed by atoms with Crippen LogP contribution >= 0.6 is 0 Å². The first-order valence-corrected chi connectivity index (χ1v) is 6.06. The summed E-state index contributed by atoms with van der Waals surface area (Å²) < 4.78 is 0. The van der Waals surface area contributed by atoms with E-state index in [9.17, 15) is 0 Å². The Balaban J connectivity index is 2.05. The summed E-state index contributed by atoms with van der Waals surface area (Å²) in [6.45, 7) is 7.48. The Morgan fingerprint density at radius 2 is 1.86 bits per heavy atom. The number of nitrogens with one attached hydrogen (secondary N) is 1. The van der Waals surface area contributed by atoms with Gasteiger partial charge in [0, 0.05) is 12.1 Å². The summed E-state index contributed by atoms with van der Waals surface area (Å²) in [4.78, 5) is 2.70. The Morgan fingerprint density at radius 1 is 1.21 bits per heavy atom. The summed E-state index contributed by atoms with van der Waals surface area (Å²) >= 11 is 0. The molecule has 1 aliphatic carbocycles. The van der Waals surface area contributed by atoms with Crippen molar-refractivity contribution in [3.8, 4) is 0 Å². The molecule has 0 amide bonds. The third-order valence-electron chi connectivity index (χ3n) is 4.23. The molecule has 0 radical (unpaired) electrons. The van der Waals surface area contributed by atoms with Crippen molar-refractivity contribution >= 4 is 0 Å². The monoisotopic (exact) mass is 196 g/mol. The highest BCUT2D eigenvalue weighted by Gasteiger charge is 2.43. The van der Waals surface area contributed by atoms with E-state index in [0.717, 1.165) is 6.04 Å². The summed E-state index contributed by atoms with van der Waals surface area (Å²) in [5.41, 5.74) is 0.488. The number of nitrogens with zero attached hydrogens (tertiary/aromatic N) is 1. The van der Waals surface area contributed by atoms with Gasteiger partial charge in [-0.3, -0.25) is 4.90 Å². The minimum atomic E-state index is 0.488. The van der Waals surface area contributed by atoms with E-state index < -0.39 is 0 Å². The Morgan fingerprint density at radius 3 is 2.43 bits per heavy atom. The Bertz CT molecular complexity index is 194. The van der Waals surface area contributed by atoms with Gasteiger partial charge in [0.05, 0.1) is 0 Å². The van der Waals surface area contributed by atoms with Crippen molar-refractivity contribution in [1.82, 2.24) is 10.2 Å². The molecule has 1 saturated heterocycles. The van der Waals surface area contributed by atoms with Crippen molar-refractivity contribution in [1.29, 1.82) is 0 Å². The van der Waals surface area contributed by atoms with Crippen LogP contribution in [0.3, 0.4) is 0 Å². The summed E-state index contributed by atoms with van der Waals surface area (Å²) in [7, 11) is 2.13. The molecule has 1 N–H and O–H groups in total. The van der Waals surface area contributed by atoms with Crippen molar-refractivity contribution in [3.63, 3.8) is 0 Å². The molecule has 1 saturated carbocycles. The molecule has 2 aliphatic rings. The van der Waals surface area contributed by atoms with Gasteiger partial charge in [-0.15, -0.1) is 0 Å². The molecule has 0 aromatic rings. The maximum atomic E-state index is 3.54. The summed E-state index contributed by atoms with van der Waals surface area (Å²) in [6, 6.07) is 1.50. The molecule has 2 nitrogen and oxygen atoms in total. The zero-order valence-electron chi connectivity index (χ0n) is 9.84. The highest BCUT2D eigenvalue weighted by Crippen LogP contribution is 2.40. The standard InChI is InChI=1S/C12H24N2/c1-12(2)7-6-10(11(12)13-3)14-8-4-5-9-14/h10-11,13H,4-9H2,1-3H3. The second-order valence-corrected chi connectivity index (χ2v) is 5.60. The molecule has 0 aromatic carbocycles. The number of hydrogen-bond acceptors (Lipinski definition) is 2. The van der Waals surface area contributed by atoms with Gasteiger partial charge in [0.15, 0.2) is 0 Å². The quantitative estimate of drug-likeness (QED) is 0.725. The molecular formula is C12H24N2. The Labute approximate surface area is 88.1 Å². The highest BCUT2D eigenvalue weighted by atomic mass is 15.2. The second kappa shape index (κ2) is 3.82. The fourth-order valence-electron chi connectivity index (χ4n) is 3.41. The fourth-order valence-corrected chi connectivity index (χ4v) is 3.41. The minimum absolute atomic E-state index is 0.488. The summed E-state index contributed by atoms with van der Waals surface area (Å²) in [5.74, 6) is 0. The largest absolute Gasteiger partial charge is 0.315 e. The fraction of sp³-hybridized carbons (Fsp3) is 1.00. The van der Waals surface area contributed by atoms with E-state index in [1.807, 2.05) is 0 Å². The molecule has 0 bridgehead atoms. The molecule has 2 heteroatoms. The average Bonchev–Trinajstić information content (AvgIpc) is 2.70. The van der Waals surface area contributed by atoms with Crippen LogP contribution in [-0.2, 0) is 0 Å². The molecule has 82 valence electrons. The van der Waals surface area contributed by atoms with E-state index in [2.05, 4.69) is 31.1 Å². The van der Waals surface area contributed by atoms with Gasteiger partial charge in [0.1, 0.15) is 0 Å². The smallest absolute Gasteiger partial charge is 0.0271 e. The molecule has 2 unspecified atom stereocenters. The van der Waals surface area contributed by atoms with E-state index in [0.29, 0.717) is 11.5 Å². The number of likely N-dealkylation sites (tertiary alicyclic amines) is 1. The van der Waals surface area contributed by atoms with Crippen LogP contribution in [-0.4, -0.2) is 37.1 Å². The van der Waals surface area contributed by atoms with Crippen molar-refractivity contribution in [2.75, 3.05) is 20.1 Å². The van der Waals surface area contributed by atoms with Gasteiger partial charge in [-0.1, -0.05) is 13.8 Å². The van der Waals surface area contributed by atoms with Gasteiger partial charge in [-0.2, -0.15) is 0 Å². The predicted octanol–water partition coefficient (Wildman–Crippen LogP) is 1.86. The van der Waals surface area contributed by atoms with Crippen molar-refractivity contribution in [2.24, 2.45) is 5.41 Å². The lowest BCUT2D eigenvalue weighted by Crippen LogP contribution is -2.49. The zero-order chi connectivity index (χ0) is 10.2. The third-order valence-corrected chi connectivity index (χ3v) is 4.23. The average molecular weight is 196 g/mol. The molecule has 14 heavy (non-hydrogen) atoms. The zero-order valence-corrected chi connectivity index (χ0v) is 9.84. The molecular weight excluding hydrogens is 172 g/mol. The first-order valence-electron chi connectivity index (χ1n) is 6.06. The van der Waals surface area contributed by atoms with Gasteiger partial charge in [-0.25, -0.2) is 0 Å².